The van der Waals surface area contributed by atoms with Gasteiger partial charge in [-0.1, -0.05) is 334 Å². The third-order valence-corrected chi connectivity index (χ3v) is 17.6. The Morgan fingerprint density at radius 2 is 0.728 bits per heavy atom. The van der Waals surface area contributed by atoms with E-state index in [9.17, 15) is 40.5 Å². The second-order valence-corrected chi connectivity index (χ2v) is 25.3. The van der Waals surface area contributed by atoms with Crippen molar-refractivity contribution in [3.63, 3.8) is 0 Å². The van der Waals surface area contributed by atoms with Gasteiger partial charge in [-0.15, -0.1) is 0 Å². The second-order valence-electron chi connectivity index (χ2n) is 25.3. The zero-order chi connectivity index (χ0) is 58.9. The molecule has 1 amide bonds. The lowest BCUT2D eigenvalue weighted by atomic mass is 9.98. The third-order valence-electron chi connectivity index (χ3n) is 17.6. The van der Waals surface area contributed by atoms with E-state index < -0.39 is 74.2 Å². The van der Waals surface area contributed by atoms with E-state index in [2.05, 4.69) is 31.3 Å². The van der Waals surface area contributed by atoms with Crippen LogP contribution < -0.4 is 5.32 Å². The van der Waals surface area contributed by atoms with E-state index in [1.165, 1.54) is 283 Å². The van der Waals surface area contributed by atoms with E-state index in [1.54, 1.807) is 0 Å². The molecule has 11 nitrogen and oxygen atoms in total. The Hall–Kier alpha value is -1.15. The first-order valence-corrected chi connectivity index (χ1v) is 35.6. The molecule has 1 heterocycles. The number of carbonyl (C=O) groups is 1. The number of nitrogens with one attached hydrogen (secondary N) is 1. The minimum absolute atomic E-state index is 0.260. The average molecular weight is 1150 g/mol. The summed E-state index contributed by atoms with van der Waals surface area (Å²) in [5.41, 5.74) is 0. The number of aliphatic hydroxyl groups is 7. The van der Waals surface area contributed by atoms with Gasteiger partial charge in [-0.05, 0) is 38.5 Å². The summed E-state index contributed by atoms with van der Waals surface area (Å²) in [6, 6.07) is -1.18. The fourth-order valence-corrected chi connectivity index (χ4v) is 11.9. The Labute approximate surface area is 500 Å². The number of rotatable bonds is 63. The molecule has 81 heavy (non-hydrogen) atoms. The van der Waals surface area contributed by atoms with Crippen LogP contribution in [0.25, 0.3) is 0 Å². The topological polar surface area (TPSA) is 189 Å². The van der Waals surface area contributed by atoms with E-state index in [4.69, 9.17) is 9.47 Å². The summed E-state index contributed by atoms with van der Waals surface area (Å²) >= 11 is 0. The summed E-state index contributed by atoms with van der Waals surface area (Å²) in [5.74, 6) is -0.697. The molecule has 482 valence electrons. The van der Waals surface area contributed by atoms with Crippen LogP contribution in [0.2, 0.25) is 0 Å². The maximum absolute atomic E-state index is 13.2. The van der Waals surface area contributed by atoms with Crippen LogP contribution in [0.5, 0.6) is 0 Å². The van der Waals surface area contributed by atoms with Crippen molar-refractivity contribution in [3.8, 4) is 0 Å². The fourth-order valence-electron chi connectivity index (χ4n) is 11.9. The van der Waals surface area contributed by atoms with Gasteiger partial charge in [-0.3, -0.25) is 4.79 Å². The smallest absolute Gasteiger partial charge is 0.249 e. The van der Waals surface area contributed by atoms with Crippen molar-refractivity contribution in [3.05, 3.63) is 12.2 Å². The van der Waals surface area contributed by atoms with E-state index in [0.29, 0.717) is 12.8 Å². The summed E-state index contributed by atoms with van der Waals surface area (Å²) in [7, 11) is 0. The standard InChI is InChI=1S/C70H137NO10/c1-3-5-7-9-11-13-15-17-19-21-23-25-27-29-30-31-32-33-34-36-38-40-42-44-46-48-50-52-54-56-58-63(74)69(79)71-61(60-80-70-68(78)67(77)66(76)64(59-72)81-70)65(75)62(73)57-55-53-51-49-47-45-43-41-39-37-35-28-26-24-22-20-18-16-14-12-10-8-6-4-2/h49,51,61-68,70,72-78H,3-48,50,52-60H2,1-2H3,(H,71,79)/b51-49+. The van der Waals surface area contributed by atoms with Gasteiger partial charge in [0, 0.05) is 0 Å². The number of hydrogen-bond donors (Lipinski definition) is 8. The van der Waals surface area contributed by atoms with Crippen LogP contribution >= 0.6 is 0 Å². The number of ether oxygens (including phenoxy) is 2. The molecule has 11 heteroatoms. The van der Waals surface area contributed by atoms with Gasteiger partial charge < -0.3 is 50.5 Å². The molecule has 0 aliphatic carbocycles. The molecular weight excluding hydrogens is 1010 g/mol. The van der Waals surface area contributed by atoms with E-state index in [0.717, 1.165) is 38.5 Å². The zero-order valence-corrected chi connectivity index (χ0v) is 53.3. The molecular formula is C70H137NO10. The average Bonchev–Trinajstić information content (AvgIpc) is 3.51. The highest BCUT2D eigenvalue weighted by Crippen LogP contribution is 2.24. The molecule has 1 fully saturated rings. The molecule has 0 aromatic rings. The molecule has 9 unspecified atom stereocenters. The molecule has 1 aliphatic heterocycles. The molecule has 0 bridgehead atoms. The minimum atomic E-state index is -1.67. The Balaban J connectivity index is 2.19. The number of aliphatic hydroxyl groups excluding tert-OH is 7. The molecule has 0 aromatic heterocycles. The van der Waals surface area contributed by atoms with E-state index in [-0.39, 0.29) is 12.8 Å². The molecule has 0 saturated carbocycles. The van der Waals surface area contributed by atoms with Crippen molar-refractivity contribution in [2.75, 3.05) is 13.2 Å². The Kier molecular flexibility index (Phi) is 56.9. The van der Waals surface area contributed by atoms with Crippen molar-refractivity contribution in [2.45, 2.75) is 416 Å². The highest BCUT2D eigenvalue weighted by molar-refractivity contribution is 5.80. The first-order chi connectivity index (χ1) is 39.7. The lowest BCUT2D eigenvalue weighted by molar-refractivity contribution is -0.303. The highest BCUT2D eigenvalue weighted by Gasteiger charge is 2.44. The van der Waals surface area contributed by atoms with Crippen LogP contribution in [0.4, 0.5) is 0 Å². The largest absolute Gasteiger partial charge is 0.394 e. The van der Waals surface area contributed by atoms with Gasteiger partial charge in [0.1, 0.15) is 36.6 Å². The predicted octanol–water partition coefficient (Wildman–Crippen LogP) is 17.0. The van der Waals surface area contributed by atoms with Gasteiger partial charge in [0.25, 0.3) is 0 Å². The van der Waals surface area contributed by atoms with E-state index >= 15 is 0 Å². The van der Waals surface area contributed by atoms with Gasteiger partial charge in [0.15, 0.2) is 6.29 Å². The summed E-state index contributed by atoms with van der Waals surface area (Å²) in [5, 5.41) is 76.5. The molecule has 1 saturated heterocycles. The summed E-state index contributed by atoms with van der Waals surface area (Å²) < 4.78 is 11.2. The molecule has 0 aromatic carbocycles. The minimum Gasteiger partial charge on any atom is -0.394 e. The zero-order valence-electron chi connectivity index (χ0n) is 53.3. The molecule has 1 aliphatic rings. The van der Waals surface area contributed by atoms with Crippen LogP contribution in [0.15, 0.2) is 12.2 Å². The summed E-state index contributed by atoms with van der Waals surface area (Å²) in [6.45, 7) is 3.51. The fraction of sp³-hybridized carbons (Fsp3) is 0.957. The Morgan fingerprint density at radius 1 is 0.420 bits per heavy atom. The number of carbonyl (C=O) groups excluding carboxylic acids is 1. The van der Waals surface area contributed by atoms with Crippen molar-refractivity contribution >= 4 is 5.91 Å². The predicted molar refractivity (Wildman–Crippen MR) is 339 cm³/mol. The first kappa shape index (κ1) is 77.9. The molecule has 0 radical (unpaired) electrons. The van der Waals surface area contributed by atoms with E-state index in [1.807, 2.05) is 0 Å². The lowest BCUT2D eigenvalue weighted by Gasteiger charge is -2.40. The Morgan fingerprint density at radius 3 is 1.06 bits per heavy atom. The van der Waals surface area contributed by atoms with Crippen LogP contribution in [0.3, 0.4) is 0 Å². The third kappa shape index (κ3) is 46.7. The van der Waals surface area contributed by atoms with Crippen LogP contribution in [-0.4, -0.2) is 110 Å². The first-order valence-electron chi connectivity index (χ1n) is 35.6. The van der Waals surface area contributed by atoms with Crippen molar-refractivity contribution in [1.82, 2.24) is 5.32 Å². The van der Waals surface area contributed by atoms with Gasteiger partial charge >= 0.3 is 0 Å². The maximum atomic E-state index is 13.2. The summed E-state index contributed by atoms with van der Waals surface area (Å²) in [6.07, 6.45) is 61.6. The highest BCUT2D eigenvalue weighted by atomic mass is 16.7. The molecule has 0 spiro atoms. The van der Waals surface area contributed by atoms with Crippen molar-refractivity contribution in [1.29, 1.82) is 0 Å². The molecule has 1 rings (SSSR count). The van der Waals surface area contributed by atoms with Gasteiger partial charge in [-0.2, -0.15) is 0 Å². The molecule has 9 atom stereocenters. The van der Waals surface area contributed by atoms with Gasteiger partial charge in [0.2, 0.25) is 5.91 Å². The number of hydrogen-bond acceptors (Lipinski definition) is 10. The van der Waals surface area contributed by atoms with Gasteiger partial charge in [0.05, 0.1) is 25.4 Å². The molecule has 8 N–H and O–H groups in total. The second kappa shape index (κ2) is 59.2. The maximum Gasteiger partial charge on any atom is 0.249 e. The quantitative estimate of drug-likeness (QED) is 0.0215. The number of unbranched alkanes of at least 4 members (excludes halogenated alkanes) is 49. The van der Waals surface area contributed by atoms with Crippen LogP contribution in [-0.2, 0) is 14.3 Å². The van der Waals surface area contributed by atoms with Crippen molar-refractivity contribution in [2.24, 2.45) is 0 Å². The normalized spacial score (nSPS) is 19.1. The van der Waals surface area contributed by atoms with Crippen LogP contribution in [0.1, 0.15) is 361 Å². The monoisotopic (exact) mass is 1150 g/mol. The van der Waals surface area contributed by atoms with Crippen molar-refractivity contribution < 1.29 is 50.0 Å². The Bertz CT molecular complexity index is 1320. The van der Waals surface area contributed by atoms with Crippen LogP contribution in [0, 0.1) is 0 Å². The number of amides is 1. The number of allylic oxidation sites excluding steroid dienone is 2. The summed E-state index contributed by atoms with van der Waals surface area (Å²) in [4.78, 5) is 13.2. The van der Waals surface area contributed by atoms with Gasteiger partial charge in [-0.25, -0.2) is 0 Å². The lowest BCUT2D eigenvalue weighted by Crippen LogP contribution is -2.60. The SMILES string of the molecule is CCCCCCCCCCCCCCCCCCCCC/C=C/CCCC(O)C(O)C(COC1OC(CO)C(O)C(O)C1O)NC(=O)C(O)CCCCCCCCCCCCCCCCCCCCCCCCCCCCCCCC.